The molecule has 0 saturated heterocycles. The summed E-state index contributed by atoms with van der Waals surface area (Å²) in [4.78, 5) is 11.8. The van der Waals surface area contributed by atoms with Crippen LogP contribution in [0.4, 0.5) is 4.79 Å². The molecule has 0 saturated carbocycles. The van der Waals surface area contributed by atoms with Gasteiger partial charge in [0.1, 0.15) is 5.75 Å². The number of ether oxygens (including phenoxy) is 1. The summed E-state index contributed by atoms with van der Waals surface area (Å²) in [6.07, 6.45) is -0.501. The highest BCUT2D eigenvalue weighted by atomic mass is 16.5. The van der Waals surface area contributed by atoms with E-state index >= 15 is 0 Å². The molecule has 0 heterocycles. The maximum absolute atomic E-state index is 11.8. The predicted octanol–water partition coefficient (Wildman–Crippen LogP) is 4.30. The van der Waals surface area contributed by atoms with Crippen molar-refractivity contribution in [2.24, 2.45) is 0 Å². The Morgan fingerprint density at radius 1 is 1.00 bits per heavy atom. The van der Waals surface area contributed by atoms with Gasteiger partial charge < -0.3 is 15.2 Å². The Hall–Kier alpha value is -3.01. The fourth-order valence-electron chi connectivity index (χ4n) is 2.78. The van der Waals surface area contributed by atoms with Gasteiger partial charge in [-0.1, -0.05) is 42.5 Å². The molecule has 122 valence electrons. The number of carbonyl (C=O) groups excluding carboxylic acids is 1. The van der Waals surface area contributed by atoms with Gasteiger partial charge in [0.05, 0.1) is 13.2 Å². The second-order valence-corrected chi connectivity index (χ2v) is 5.72. The maximum Gasteiger partial charge on any atom is 0.407 e. The third-order valence-electron chi connectivity index (χ3n) is 4.11. The Bertz CT molecular complexity index is 889. The number of benzene rings is 3. The minimum Gasteiger partial charge on any atom is -0.508 e. The third-order valence-corrected chi connectivity index (χ3v) is 4.11. The standard InChI is InChI=1S/C20H19NO3/c1-13-11-16(9-10-18(13)22)19(21-20(23)24-2)17-8-7-14-5-3-4-6-15(14)12-17/h3-12,19,22H,1-2H3,(H,21,23)/t19-/m0/s1. The van der Waals surface area contributed by atoms with E-state index in [0.717, 1.165) is 27.5 Å². The van der Waals surface area contributed by atoms with E-state index in [1.807, 2.05) is 49.4 Å². The summed E-state index contributed by atoms with van der Waals surface area (Å²) >= 11 is 0. The van der Waals surface area contributed by atoms with Crippen LogP contribution in [0, 0.1) is 6.92 Å². The van der Waals surface area contributed by atoms with Gasteiger partial charge in [0.15, 0.2) is 0 Å². The van der Waals surface area contributed by atoms with E-state index in [4.69, 9.17) is 4.74 Å². The highest BCUT2D eigenvalue weighted by Crippen LogP contribution is 2.28. The molecule has 24 heavy (non-hydrogen) atoms. The van der Waals surface area contributed by atoms with Crippen LogP contribution < -0.4 is 5.32 Å². The van der Waals surface area contributed by atoms with Gasteiger partial charge in [0, 0.05) is 0 Å². The Balaban J connectivity index is 2.08. The molecule has 4 nitrogen and oxygen atoms in total. The number of aromatic hydroxyl groups is 1. The highest BCUT2D eigenvalue weighted by Gasteiger charge is 2.18. The Morgan fingerprint density at radius 3 is 2.38 bits per heavy atom. The largest absolute Gasteiger partial charge is 0.508 e. The molecule has 0 bridgehead atoms. The number of phenolic OH excluding ortho intramolecular Hbond substituents is 1. The topological polar surface area (TPSA) is 58.6 Å². The lowest BCUT2D eigenvalue weighted by Gasteiger charge is -2.20. The zero-order chi connectivity index (χ0) is 17.1. The van der Waals surface area contributed by atoms with Crippen LogP contribution in [0.25, 0.3) is 10.8 Å². The van der Waals surface area contributed by atoms with Crippen molar-refractivity contribution in [3.63, 3.8) is 0 Å². The predicted molar refractivity (Wildman–Crippen MR) is 94.2 cm³/mol. The van der Waals surface area contributed by atoms with E-state index in [-0.39, 0.29) is 11.8 Å². The number of phenols is 1. The van der Waals surface area contributed by atoms with E-state index in [9.17, 15) is 9.90 Å². The van der Waals surface area contributed by atoms with Crippen molar-refractivity contribution in [1.29, 1.82) is 0 Å². The van der Waals surface area contributed by atoms with E-state index in [1.54, 1.807) is 12.1 Å². The molecule has 0 aliphatic rings. The van der Waals surface area contributed by atoms with Gasteiger partial charge in [-0.05, 0) is 52.6 Å². The van der Waals surface area contributed by atoms with E-state index < -0.39 is 6.09 Å². The zero-order valence-electron chi connectivity index (χ0n) is 13.6. The summed E-state index contributed by atoms with van der Waals surface area (Å²) in [7, 11) is 1.34. The fourth-order valence-corrected chi connectivity index (χ4v) is 2.78. The molecule has 4 heteroatoms. The first-order valence-corrected chi connectivity index (χ1v) is 7.71. The molecular weight excluding hydrogens is 302 g/mol. The molecule has 0 aromatic heterocycles. The van der Waals surface area contributed by atoms with Gasteiger partial charge in [0.25, 0.3) is 0 Å². The number of methoxy groups -OCH3 is 1. The molecule has 1 amide bonds. The number of amides is 1. The molecule has 0 aliphatic heterocycles. The first-order chi connectivity index (χ1) is 11.6. The molecule has 0 fully saturated rings. The summed E-state index contributed by atoms with van der Waals surface area (Å²) < 4.78 is 4.77. The SMILES string of the molecule is COC(=O)N[C@@H](c1ccc(O)c(C)c1)c1ccc2ccccc2c1. The normalized spacial score (nSPS) is 11.9. The number of hydrogen-bond acceptors (Lipinski definition) is 3. The number of aryl methyl sites for hydroxylation is 1. The minimum atomic E-state index is -0.501. The quantitative estimate of drug-likeness (QED) is 0.756. The summed E-state index contributed by atoms with van der Waals surface area (Å²) in [5.41, 5.74) is 2.58. The van der Waals surface area contributed by atoms with Gasteiger partial charge in [0.2, 0.25) is 0 Å². The number of nitrogens with one attached hydrogen (secondary N) is 1. The summed E-state index contributed by atoms with van der Waals surface area (Å²) in [6.45, 7) is 1.83. The molecule has 1 atom stereocenters. The zero-order valence-corrected chi connectivity index (χ0v) is 13.6. The summed E-state index contributed by atoms with van der Waals surface area (Å²) in [6, 6.07) is 19.1. The molecule has 0 aliphatic carbocycles. The Labute approximate surface area is 140 Å². The van der Waals surface area contributed by atoms with Crippen LogP contribution in [0.2, 0.25) is 0 Å². The van der Waals surface area contributed by atoms with Crippen molar-refractivity contribution in [3.8, 4) is 5.75 Å². The smallest absolute Gasteiger partial charge is 0.407 e. The molecule has 2 N–H and O–H groups in total. The monoisotopic (exact) mass is 321 g/mol. The average Bonchev–Trinajstić information content (AvgIpc) is 2.61. The molecule has 0 unspecified atom stereocenters. The molecule has 3 aromatic carbocycles. The molecule has 3 aromatic rings. The molecule has 3 rings (SSSR count). The van der Waals surface area contributed by atoms with Crippen LogP contribution in [0.3, 0.4) is 0 Å². The van der Waals surface area contributed by atoms with Crippen LogP contribution in [0.15, 0.2) is 60.7 Å². The number of rotatable bonds is 3. The third kappa shape index (κ3) is 3.18. The van der Waals surface area contributed by atoms with E-state index in [2.05, 4.69) is 11.4 Å². The van der Waals surface area contributed by atoms with Gasteiger partial charge >= 0.3 is 6.09 Å². The van der Waals surface area contributed by atoms with Crippen LogP contribution in [0.1, 0.15) is 22.7 Å². The highest BCUT2D eigenvalue weighted by molar-refractivity contribution is 5.83. The van der Waals surface area contributed by atoms with E-state index in [0.29, 0.717) is 0 Å². The van der Waals surface area contributed by atoms with E-state index in [1.165, 1.54) is 7.11 Å². The first-order valence-electron chi connectivity index (χ1n) is 7.71. The van der Waals surface area contributed by atoms with Gasteiger partial charge in [-0.15, -0.1) is 0 Å². The van der Waals surface area contributed by atoms with Crippen molar-refractivity contribution >= 4 is 16.9 Å². The fraction of sp³-hybridized carbons (Fsp3) is 0.150. The Kier molecular flexibility index (Phi) is 4.38. The molecule has 0 radical (unpaired) electrons. The van der Waals surface area contributed by atoms with Gasteiger partial charge in [-0.2, -0.15) is 0 Å². The molecular formula is C20H19NO3. The van der Waals surface area contributed by atoms with Gasteiger partial charge in [-0.3, -0.25) is 0 Å². The molecule has 0 spiro atoms. The van der Waals surface area contributed by atoms with Crippen molar-refractivity contribution < 1.29 is 14.6 Å². The average molecular weight is 321 g/mol. The van der Waals surface area contributed by atoms with Crippen molar-refractivity contribution in [2.45, 2.75) is 13.0 Å². The lowest BCUT2D eigenvalue weighted by molar-refractivity contribution is 0.168. The number of alkyl carbamates (subject to hydrolysis) is 1. The lowest BCUT2D eigenvalue weighted by atomic mass is 9.95. The second-order valence-electron chi connectivity index (χ2n) is 5.72. The van der Waals surface area contributed by atoms with Crippen LogP contribution in [0.5, 0.6) is 5.75 Å². The maximum atomic E-state index is 11.8. The Morgan fingerprint density at radius 2 is 1.67 bits per heavy atom. The summed E-state index contributed by atoms with van der Waals surface area (Å²) in [5.74, 6) is 0.231. The van der Waals surface area contributed by atoms with Crippen LogP contribution in [-0.2, 0) is 4.74 Å². The van der Waals surface area contributed by atoms with Crippen LogP contribution in [-0.4, -0.2) is 18.3 Å². The lowest BCUT2D eigenvalue weighted by Crippen LogP contribution is -2.29. The first kappa shape index (κ1) is 15.9. The van der Waals surface area contributed by atoms with Crippen molar-refractivity contribution in [2.75, 3.05) is 7.11 Å². The summed E-state index contributed by atoms with van der Waals surface area (Å²) in [5, 5.41) is 14.9. The minimum absolute atomic E-state index is 0.231. The van der Waals surface area contributed by atoms with Crippen LogP contribution >= 0.6 is 0 Å². The van der Waals surface area contributed by atoms with Crippen molar-refractivity contribution in [3.05, 3.63) is 77.4 Å². The number of carbonyl (C=O) groups is 1. The second kappa shape index (κ2) is 6.62. The number of hydrogen-bond donors (Lipinski definition) is 2. The number of fused-ring (bicyclic) bond motifs is 1. The van der Waals surface area contributed by atoms with Gasteiger partial charge in [-0.25, -0.2) is 4.79 Å². The van der Waals surface area contributed by atoms with Crippen molar-refractivity contribution in [1.82, 2.24) is 5.32 Å².